The molecule has 4 rings (SSSR count). The van der Waals surface area contributed by atoms with Crippen molar-refractivity contribution in [2.24, 2.45) is 0 Å². The maximum absolute atomic E-state index is 12.8. The van der Waals surface area contributed by atoms with Crippen LogP contribution in [-0.4, -0.2) is 25.9 Å². The molecule has 0 aliphatic carbocycles. The second kappa shape index (κ2) is 7.65. The zero-order valence-electron chi connectivity index (χ0n) is 15.3. The van der Waals surface area contributed by atoms with Gasteiger partial charge in [-0.15, -0.1) is 6.58 Å². The van der Waals surface area contributed by atoms with Crippen LogP contribution in [0.3, 0.4) is 0 Å². The highest BCUT2D eigenvalue weighted by atomic mass is 32.2. The lowest BCUT2D eigenvalue weighted by Crippen LogP contribution is -2.23. The molecule has 0 fully saturated rings. The van der Waals surface area contributed by atoms with E-state index in [-0.39, 0.29) is 21.5 Å². The molecule has 2 N–H and O–H groups in total. The van der Waals surface area contributed by atoms with Crippen LogP contribution in [0, 0.1) is 0 Å². The number of carbonyl (C=O) groups excluding carboxylic acids is 1. The smallest absolute Gasteiger partial charge is 0.263 e. The van der Waals surface area contributed by atoms with Gasteiger partial charge in [0.15, 0.2) is 5.13 Å². The van der Waals surface area contributed by atoms with Crippen molar-refractivity contribution in [1.82, 2.24) is 10.3 Å². The molecular formula is C21H17N3O3S2. The lowest BCUT2D eigenvalue weighted by Gasteiger charge is -2.07. The lowest BCUT2D eigenvalue weighted by molar-refractivity contribution is 0.0958. The number of hydrogen-bond acceptors (Lipinski definition) is 5. The van der Waals surface area contributed by atoms with E-state index in [4.69, 9.17) is 0 Å². The first-order valence-corrected chi connectivity index (χ1v) is 11.1. The normalized spacial score (nSPS) is 11.4. The highest BCUT2D eigenvalue weighted by molar-refractivity contribution is 7.93. The average Bonchev–Trinajstić information content (AvgIpc) is 3.14. The predicted molar refractivity (Wildman–Crippen MR) is 117 cm³/mol. The molecule has 0 aliphatic heterocycles. The molecule has 1 aromatic heterocycles. The van der Waals surface area contributed by atoms with E-state index >= 15 is 0 Å². The molecule has 8 heteroatoms. The Labute approximate surface area is 172 Å². The molecule has 29 heavy (non-hydrogen) atoms. The second-order valence-corrected chi connectivity index (χ2v) is 9.00. The third kappa shape index (κ3) is 3.85. The minimum absolute atomic E-state index is 0.00660. The number of hydrogen-bond donors (Lipinski definition) is 2. The number of benzene rings is 3. The molecule has 0 radical (unpaired) electrons. The van der Waals surface area contributed by atoms with Gasteiger partial charge in [-0.1, -0.05) is 53.8 Å². The van der Waals surface area contributed by atoms with Crippen LogP contribution >= 0.6 is 11.3 Å². The van der Waals surface area contributed by atoms with Gasteiger partial charge in [0.05, 0.1) is 15.1 Å². The molecular weight excluding hydrogens is 406 g/mol. The van der Waals surface area contributed by atoms with Crippen molar-refractivity contribution < 1.29 is 13.2 Å². The summed E-state index contributed by atoms with van der Waals surface area (Å²) in [5, 5.41) is 4.91. The van der Waals surface area contributed by atoms with Crippen molar-refractivity contribution in [2.45, 2.75) is 4.90 Å². The van der Waals surface area contributed by atoms with Gasteiger partial charge in [-0.3, -0.25) is 9.52 Å². The molecule has 0 saturated heterocycles. The number of carbonyl (C=O) groups is 1. The average molecular weight is 424 g/mol. The van der Waals surface area contributed by atoms with Crippen LogP contribution < -0.4 is 10.0 Å². The number of thiazole rings is 1. The summed E-state index contributed by atoms with van der Waals surface area (Å²) in [5.74, 6) is -0.367. The number of aromatic nitrogens is 1. The summed E-state index contributed by atoms with van der Waals surface area (Å²) in [6.07, 6.45) is 1.55. The quantitative estimate of drug-likeness (QED) is 0.456. The van der Waals surface area contributed by atoms with Crippen molar-refractivity contribution in [3.8, 4) is 0 Å². The molecule has 3 aromatic carbocycles. The SMILES string of the molecule is C=CCNC(=O)c1cccc(S(=O)(=O)Nc2nc3c(ccc4ccccc43)s2)c1. The van der Waals surface area contributed by atoms with Gasteiger partial charge in [0.25, 0.3) is 15.9 Å². The fourth-order valence-electron chi connectivity index (χ4n) is 2.95. The topological polar surface area (TPSA) is 88.2 Å². The van der Waals surface area contributed by atoms with Crippen molar-refractivity contribution >= 4 is 53.4 Å². The summed E-state index contributed by atoms with van der Waals surface area (Å²) in [4.78, 5) is 16.6. The number of nitrogens with zero attached hydrogens (tertiary/aromatic N) is 1. The van der Waals surface area contributed by atoms with Crippen LogP contribution in [0.15, 0.2) is 78.2 Å². The summed E-state index contributed by atoms with van der Waals surface area (Å²) in [5.41, 5.74) is 1.01. The van der Waals surface area contributed by atoms with E-state index in [9.17, 15) is 13.2 Å². The highest BCUT2D eigenvalue weighted by Gasteiger charge is 2.19. The second-order valence-electron chi connectivity index (χ2n) is 6.28. The monoisotopic (exact) mass is 423 g/mol. The van der Waals surface area contributed by atoms with E-state index in [1.165, 1.54) is 29.5 Å². The Hall–Kier alpha value is -3.23. The minimum atomic E-state index is -3.89. The van der Waals surface area contributed by atoms with Crippen molar-refractivity contribution in [1.29, 1.82) is 0 Å². The van der Waals surface area contributed by atoms with Crippen LogP contribution in [0.2, 0.25) is 0 Å². The summed E-state index contributed by atoms with van der Waals surface area (Å²) < 4.78 is 29.1. The van der Waals surface area contributed by atoms with E-state index in [2.05, 4.69) is 21.6 Å². The molecule has 146 valence electrons. The maximum atomic E-state index is 12.8. The molecule has 1 heterocycles. The van der Waals surface area contributed by atoms with Gasteiger partial charge in [-0.05, 0) is 29.7 Å². The van der Waals surface area contributed by atoms with Crippen molar-refractivity contribution in [2.75, 3.05) is 11.3 Å². The Morgan fingerprint density at radius 2 is 1.93 bits per heavy atom. The largest absolute Gasteiger partial charge is 0.349 e. The van der Waals surface area contributed by atoms with Crippen molar-refractivity contribution in [3.05, 3.63) is 78.9 Å². The Kier molecular flexibility index (Phi) is 5.04. The van der Waals surface area contributed by atoms with Gasteiger partial charge >= 0.3 is 0 Å². The van der Waals surface area contributed by atoms with Gasteiger partial charge in [-0.2, -0.15) is 0 Å². The molecule has 0 spiro atoms. The number of amides is 1. The number of anilines is 1. The van der Waals surface area contributed by atoms with Gasteiger partial charge in [0.1, 0.15) is 0 Å². The van der Waals surface area contributed by atoms with E-state index in [0.717, 1.165) is 21.0 Å². The number of sulfonamides is 1. The van der Waals surface area contributed by atoms with Crippen LogP contribution in [0.25, 0.3) is 21.0 Å². The predicted octanol–water partition coefficient (Wildman–Crippen LogP) is 4.17. The Morgan fingerprint density at radius 3 is 2.76 bits per heavy atom. The lowest BCUT2D eigenvalue weighted by atomic mass is 10.1. The first kappa shape index (κ1) is 19.1. The third-order valence-electron chi connectivity index (χ3n) is 4.32. The molecule has 1 amide bonds. The molecule has 0 atom stereocenters. The summed E-state index contributed by atoms with van der Waals surface area (Å²) in [6.45, 7) is 3.84. The summed E-state index contributed by atoms with van der Waals surface area (Å²) in [7, 11) is -3.89. The Balaban J connectivity index is 1.66. The van der Waals surface area contributed by atoms with Crippen LogP contribution in [0.4, 0.5) is 5.13 Å². The zero-order valence-corrected chi connectivity index (χ0v) is 16.9. The van der Waals surface area contributed by atoms with Crippen LogP contribution in [-0.2, 0) is 10.0 Å². The van der Waals surface area contributed by atoms with Gasteiger partial charge in [0.2, 0.25) is 0 Å². The molecule has 4 aromatic rings. The van der Waals surface area contributed by atoms with Gasteiger partial charge < -0.3 is 5.32 Å². The zero-order chi connectivity index (χ0) is 20.4. The van der Waals surface area contributed by atoms with E-state index < -0.39 is 10.0 Å². The standard InChI is InChI=1S/C21H17N3O3S2/c1-2-12-22-20(25)15-7-5-8-16(13-15)29(26,27)24-21-23-19-17-9-4-3-6-14(17)10-11-18(19)28-21/h2-11,13H,1,12H2,(H,22,25)(H,23,24). The van der Waals surface area contributed by atoms with E-state index in [1.807, 2.05) is 36.4 Å². The molecule has 0 aliphatic rings. The highest BCUT2D eigenvalue weighted by Crippen LogP contribution is 2.32. The van der Waals surface area contributed by atoms with E-state index in [0.29, 0.717) is 6.54 Å². The number of fused-ring (bicyclic) bond motifs is 3. The Morgan fingerprint density at radius 1 is 1.10 bits per heavy atom. The molecule has 0 saturated carbocycles. The minimum Gasteiger partial charge on any atom is -0.349 e. The van der Waals surface area contributed by atoms with Crippen LogP contribution in [0.1, 0.15) is 10.4 Å². The summed E-state index contributed by atoms with van der Waals surface area (Å²) >= 11 is 1.26. The van der Waals surface area contributed by atoms with Gasteiger partial charge in [-0.25, -0.2) is 13.4 Å². The number of nitrogens with one attached hydrogen (secondary N) is 2. The van der Waals surface area contributed by atoms with Crippen LogP contribution in [0.5, 0.6) is 0 Å². The van der Waals surface area contributed by atoms with Crippen molar-refractivity contribution in [3.63, 3.8) is 0 Å². The first-order chi connectivity index (χ1) is 14.0. The fraction of sp³-hybridized carbons (Fsp3) is 0.0476. The molecule has 6 nitrogen and oxygen atoms in total. The molecule has 0 bridgehead atoms. The fourth-order valence-corrected chi connectivity index (χ4v) is 5.11. The third-order valence-corrected chi connectivity index (χ3v) is 6.72. The summed E-state index contributed by atoms with van der Waals surface area (Å²) in [6, 6.07) is 17.6. The Bertz CT molecular complexity index is 1340. The van der Waals surface area contributed by atoms with Gasteiger partial charge in [0, 0.05) is 17.5 Å². The number of rotatable bonds is 6. The maximum Gasteiger partial charge on any atom is 0.263 e. The molecule has 0 unspecified atom stereocenters. The van der Waals surface area contributed by atoms with E-state index in [1.54, 1.807) is 12.1 Å². The first-order valence-electron chi connectivity index (χ1n) is 8.78.